The minimum Gasteiger partial charge on any atom is -0.324 e. The van der Waals surface area contributed by atoms with E-state index < -0.39 is 0 Å². The van der Waals surface area contributed by atoms with E-state index in [4.69, 9.17) is 5.73 Å². The molecule has 2 N–H and O–H groups in total. The van der Waals surface area contributed by atoms with Crippen molar-refractivity contribution >= 4 is 0 Å². The van der Waals surface area contributed by atoms with Crippen LogP contribution in [0.1, 0.15) is 18.5 Å². The Morgan fingerprint density at radius 1 is 1.12 bits per heavy atom. The van der Waals surface area contributed by atoms with Crippen LogP contribution in [0.15, 0.2) is 42.7 Å². The summed E-state index contributed by atoms with van der Waals surface area (Å²) >= 11 is 0. The molecule has 3 heteroatoms. The van der Waals surface area contributed by atoms with Crippen molar-refractivity contribution in [2.45, 2.75) is 13.0 Å². The van der Waals surface area contributed by atoms with Gasteiger partial charge in [0, 0.05) is 24.0 Å². The molecule has 2 rings (SSSR count). The Bertz CT molecular complexity index is 478. The topological polar surface area (TPSA) is 38.9 Å². The zero-order chi connectivity index (χ0) is 11.5. The van der Waals surface area contributed by atoms with Crippen molar-refractivity contribution < 1.29 is 4.39 Å². The Labute approximate surface area is 93.9 Å². The van der Waals surface area contributed by atoms with Crippen molar-refractivity contribution in [1.29, 1.82) is 0 Å². The summed E-state index contributed by atoms with van der Waals surface area (Å²) in [6.45, 7) is 1.91. The summed E-state index contributed by atoms with van der Waals surface area (Å²) in [5, 5.41) is 0. The van der Waals surface area contributed by atoms with Gasteiger partial charge in [0.2, 0.25) is 0 Å². The molecule has 2 aromatic rings. The van der Waals surface area contributed by atoms with E-state index in [2.05, 4.69) is 4.98 Å². The van der Waals surface area contributed by atoms with Gasteiger partial charge < -0.3 is 5.73 Å². The van der Waals surface area contributed by atoms with E-state index in [0.29, 0.717) is 0 Å². The number of hydrogen-bond donors (Lipinski definition) is 1. The molecule has 1 unspecified atom stereocenters. The number of benzene rings is 1. The maximum atomic E-state index is 12.8. The lowest BCUT2D eigenvalue weighted by atomic mass is 10.0. The summed E-state index contributed by atoms with van der Waals surface area (Å²) in [6, 6.07) is 8.27. The molecule has 0 spiro atoms. The number of nitrogens with zero attached hydrogens (tertiary/aromatic N) is 1. The highest BCUT2D eigenvalue weighted by molar-refractivity contribution is 5.63. The number of rotatable bonds is 2. The summed E-state index contributed by atoms with van der Waals surface area (Å²) in [6.07, 6.45) is 3.50. The van der Waals surface area contributed by atoms with Gasteiger partial charge in [0.1, 0.15) is 5.82 Å². The zero-order valence-electron chi connectivity index (χ0n) is 9.02. The smallest absolute Gasteiger partial charge is 0.123 e. The zero-order valence-corrected chi connectivity index (χ0v) is 9.02. The van der Waals surface area contributed by atoms with E-state index >= 15 is 0 Å². The van der Waals surface area contributed by atoms with Crippen LogP contribution in [0.5, 0.6) is 0 Å². The van der Waals surface area contributed by atoms with Gasteiger partial charge in [-0.25, -0.2) is 4.39 Å². The summed E-state index contributed by atoms with van der Waals surface area (Å²) in [5.74, 6) is -0.236. The number of halogens is 1. The summed E-state index contributed by atoms with van der Waals surface area (Å²) in [7, 11) is 0. The molecule has 0 radical (unpaired) electrons. The summed E-state index contributed by atoms with van der Waals surface area (Å²) in [4.78, 5) is 4.13. The van der Waals surface area contributed by atoms with Crippen LogP contribution >= 0.6 is 0 Å². The van der Waals surface area contributed by atoms with E-state index in [-0.39, 0.29) is 11.9 Å². The predicted octanol–water partition coefficient (Wildman–Crippen LogP) is 2.91. The molecule has 1 heterocycles. The van der Waals surface area contributed by atoms with Crippen molar-refractivity contribution in [3.8, 4) is 11.1 Å². The van der Waals surface area contributed by atoms with Crippen LogP contribution in [0, 0.1) is 5.82 Å². The molecule has 2 nitrogen and oxygen atoms in total. The Balaban J connectivity index is 2.40. The van der Waals surface area contributed by atoms with E-state index in [1.165, 1.54) is 12.1 Å². The van der Waals surface area contributed by atoms with Gasteiger partial charge >= 0.3 is 0 Å². The minimum atomic E-state index is -0.236. The number of aromatic nitrogens is 1. The van der Waals surface area contributed by atoms with Crippen molar-refractivity contribution in [1.82, 2.24) is 4.98 Å². The molecular formula is C13H13FN2. The first-order valence-corrected chi connectivity index (χ1v) is 5.13. The van der Waals surface area contributed by atoms with Crippen molar-refractivity contribution in [3.05, 3.63) is 54.1 Å². The summed E-state index contributed by atoms with van der Waals surface area (Å²) < 4.78 is 12.8. The van der Waals surface area contributed by atoms with Crippen LogP contribution in [0.2, 0.25) is 0 Å². The van der Waals surface area contributed by atoms with Gasteiger partial charge in [0.25, 0.3) is 0 Å². The van der Waals surface area contributed by atoms with Gasteiger partial charge in [0.15, 0.2) is 0 Å². The number of pyridine rings is 1. The first-order valence-electron chi connectivity index (χ1n) is 5.13. The largest absolute Gasteiger partial charge is 0.324 e. The van der Waals surface area contributed by atoms with E-state index in [1.807, 2.05) is 13.0 Å². The van der Waals surface area contributed by atoms with Gasteiger partial charge in [0.05, 0.1) is 0 Å². The van der Waals surface area contributed by atoms with Crippen LogP contribution in [0.3, 0.4) is 0 Å². The van der Waals surface area contributed by atoms with Gasteiger partial charge in [-0.2, -0.15) is 0 Å². The normalized spacial score (nSPS) is 12.4. The third kappa shape index (κ3) is 2.25. The number of nitrogens with two attached hydrogens (primary N) is 1. The lowest BCUT2D eigenvalue weighted by molar-refractivity contribution is 0.628. The van der Waals surface area contributed by atoms with Crippen LogP contribution < -0.4 is 5.73 Å². The number of hydrogen-bond acceptors (Lipinski definition) is 2. The fourth-order valence-corrected chi connectivity index (χ4v) is 1.51. The molecule has 0 aliphatic heterocycles. The lowest BCUT2D eigenvalue weighted by Crippen LogP contribution is -2.05. The van der Waals surface area contributed by atoms with Crippen LogP contribution in [0.25, 0.3) is 11.1 Å². The van der Waals surface area contributed by atoms with E-state index in [0.717, 1.165) is 16.7 Å². The molecule has 0 saturated carbocycles. The molecule has 1 atom stereocenters. The highest BCUT2D eigenvalue weighted by Crippen LogP contribution is 2.21. The Morgan fingerprint density at radius 3 is 2.44 bits per heavy atom. The second-order valence-electron chi connectivity index (χ2n) is 3.80. The van der Waals surface area contributed by atoms with Crippen molar-refractivity contribution in [2.24, 2.45) is 5.73 Å². The fourth-order valence-electron chi connectivity index (χ4n) is 1.51. The third-order valence-corrected chi connectivity index (χ3v) is 2.46. The maximum Gasteiger partial charge on any atom is 0.123 e. The molecule has 0 saturated heterocycles. The lowest BCUT2D eigenvalue weighted by Gasteiger charge is -2.07. The Morgan fingerprint density at radius 2 is 1.81 bits per heavy atom. The average Bonchev–Trinajstić information content (AvgIpc) is 2.30. The standard InChI is InChI=1S/C13H13FN2/c1-9(15)11-6-12(8-16-7-11)10-2-4-13(14)5-3-10/h2-9H,15H2,1H3. The van der Waals surface area contributed by atoms with Crippen molar-refractivity contribution in [3.63, 3.8) is 0 Å². The molecule has 16 heavy (non-hydrogen) atoms. The van der Waals surface area contributed by atoms with Crippen LogP contribution in [-0.4, -0.2) is 4.98 Å². The monoisotopic (exact) mass is 216 g/mol. The molecule has 0 bridgehead atoms. The second kappa shape index (κ2) is 4.41. The molecule has 0 fully saturated rings. The van der Waals surface area contributed by atoms with Gasteiger partial charge in [-0.3, -0.25) is 4.98 Å². The Hall–Kier alpha value is -1.74. The quantitative estimate of drug-likeness (QED) is 0.838. The molecule has 1 aromatic heterocycles. The average molecular weight is 216 g/mol. The predicted molar refractivity (Wildman–Crippen MR) is 62.2 cm³/mol. The molecule has 1 aromatic carbocycles. The Kier molecular flexibility index (Phi) is 2.97. The van der Waals surface area contributed by atoms with Crippen LogP contribution in [-0.2, 0) is 0 Å². The van der Waals surface area contributed by atoms with Crippen LogP contribution in [0.4, 0.5) is 4.39 Å². The molecule has 0 aliphatic rings. The highest BCUT2D eigenvalue weighted by atomic mass is 19.1. The second-order valence-corrected chi connectivity index (χ2v) is 3.80. The van der Waals surface area contributed by atoms with Gasteiger partial charge in [-0.1, -0.05) is 12.1 Å². The van der Waals surface area contributed by atoms with Gasteiger partial charge in [-0.15, -0.1) is 0 Å². The first-order chi connectivity index (χ1) is 7.66. The molecular weight excluding hydrogens is 203 g/mol. The minimum absolute atomic E-state index is 0.0482. The summed E-state index contributed by atoms with van der Waals surface area (Å²) in [5.41, 5.74) is 8.65. The van der Waals surface area contributed by atoms with Crippen molar-refractivity contribution in [2.75, 3.05) is 0 Å². The third-order valence-electron chi connectivity index (χ3n) is 2.46. The highest BCUT2D eigenvalue weighted by Gasteiger charge is 2.03. The maximum absolute atomic E-state index is 12.8. The van der Waals surface area contributed by atoms with E-state index in [9.17, 15) is 4.39 Å². The molecule has 0 aliphatic carbocycles. The SMILES string of the molecule is CC(N)c1cncc(-c2ccc(F)cc2)c1. The molecule has 0 amide bonds. The molecule has 82 valence electrons. The van der Waals surface area contributed by atoms with Gasteiger partial charge in [-0.05, 0) is 36.2 Å². The van der Waals surface area contributed by atoms with E-state index in [1.54, 1.807) is 24.5 Å². The first kappa shape index (κ1) is 10.8. The fraction of sp³-hybridized carbons (Fsp3) is 0.154.